The average molecular weight is 349 g/mol. The Morgan fingerprint density at radius 2 is 2.12 bits per heavy atom. The highest BCUT2D eigenvalue weighted by Gasteiger charge is 2.52. The summed E-state index contributed by atoms with van der Waals surface area (Å²) in [4.78, 5) is 2.31. The largest absolute Gasteiger partial charge is 0.399 e. The van der Waals surface area contributed by atoms with Crippen molar-refractivity contribution < 1.29 is 0 Å². The molecule has 5 nitrogen and oxygen atoms in total. The first kappa shape index (κ1) is 17.2. The highest BCUT2D eigenvalue weighted by atomic mass is 32.1. The van der Waals surface area contributed by atoms with Gasteiger partial charge in [0.15, 0.2) is 0 Å². The molecule has 0 amide bonds. The van der Waals surface area contributed by atoms with Crippen molar-refractivity contribution in [3.63, 3.8) is 0 Å². The van der Waals surface area contributed by atoms with Gasteiger partial charge >= 0.3 is 0 Å². The van der Waals surface area contributed by atoms with Gasteiger partial charge in [0.05, 0.1) is 29.5 Å². The van der Waals surface area contributed by atoms with Gasteiger partial charge in [-0.05, 0) is 40.9 Å². The summed E-state index contributed by atoms with van der Waals surface area (Å²) in [6, 6.07) is 8.44. The Bertz CT molecular complexity index is 830. The fourth-order valence-corrected chi connectivity index (χ4v) is 4.72. The highest BCUT2D eigenvalue weighted by Crippen LogP contribution is 2.52. The Hall–Kier alpha value is -2.59. The van der Waals surface area contributed by atoms with Gasteiger partial charge in [-0.25, -0.2) is 0 Å². The van der Waals surface area contributed by atoms with Crippen LogP contribution in [-0.2, 0) is 0 Å². The standard InChI is InChI=1S/C19H19N5S/c1-2-5-24-6-3-16-15(9-24)17(13-4-7-25-10-13)14(8-20)18(23)19(16,11-21)12-22/h3-4,7,10,15,17H,2,5-6,9,23H2,1H3/t15-,17+/m0/s1. The van der Waals surface area contributed by atoms with Gasteiger partial charge in [0.1, 0.15) is 0 Å². The van der Waals surface area contributed by atoms with Crippen molar-refractivity contribution in [3.05, 3.63) is 45.3 Å². The first-order valence-corrected chi connectivity index (χ1v) is 9.24. The summed E-state index contributed by atoms with van der Waals surface area (Å²) < 4.78 is 0. The van der Waals surface area contributed by atoms with E-state index in [4.69, 9.17) is 5.73 Å². The number of nitrogens with zero attached hydrogens (tertiary/aromatic N) is 4. The number of rotatable bonds is 3. The monoisotopic (exact) mass is 349 g/mol. The van der Waals surface area contributed by atoms with Crippen LogP contribution in [0.3, 0.4) is 0 Å². The van der Waals surface area contributed by atoms with Crippen LogP contribution < -0.4 is 5.73 Å². The number of hydrogen-bond donors (Lipinski definition) is 1. The molecular weight excluding hydrogens is 330 g/mol. The van der Waals surface area contributed by atoms with Crippen molar-refractivity contribution in [1.82, 2.24) is 4.90 Å². The molecule has 25 heavy (non-hydrogen) atoms. The second kappa shape index (κ2) is 6.73. The molecule has 0 fully saturated rings. The first-order chi connectivity index (χ1) is 12.1. The van der Waals surface area contributed by atoms with E-state index >= 15 is 0 Å². The molecule has 1 aromatic heterocycles. The fourth-order valence-electron chi connectivity index (χ4n) is 4.03. The van der Waals surface area contributed by atoms with Gasteiger partial charge < -0.3 is 5.73 Å². The molecule has 0 aromatic carbocycles. The van der Waals surface area contributed by atoms with Crippen molar-refractivity contribution in [1.29, 1.82) is 15.8 Å². The van der Waals surface area contributed by atoms with Crippen LogP contribution in [0.25, 0.3) is 0 Å². The molecule has 0 radical (unpaired) electrons. The minimum absolute atomic E-state index is 0.0869. The number of nitrogens with two attached hydrogens (primary N) is 1. The van der Waals surface area contributed by atoms with Crippen molar-refractivity contribution in [2.24, 2.45) is 17.1 Å². The lowest BCUT2D eigenvalue weighted by Crippen LogP contribution is -2.47. The molecule has 1 aromatic rings. The predicted molar refractivity (Wildman–Crippen MR) is 95.8 cm³/mol. The molecule has 126 valence electrons. The molecule has 2 atom stereocenters. The van der Waals surface area contributed by atoms with Gasteiger partial charge in [-0.1, -0.05) is 13.0 Å². The second-order valence-corrected chi connectivity index (χ2v) is 7.25. The molecule has 6 heteroatoms. The van der Waals surface area contributed by atoms with Gasteiger partial charge in [0.25, 0.3) is 0 Å². The number of thiophene rings is 1. The summed E-state index contributed by atoms with van der Waals surface area (Å²) in [5.41, 5.74) is 6.98. The van der Waals surface area contributed by atoms with E-state index in [0.717, 1.165) is 30.6 Å². The molecular formula is C19H19N5S. The Labute approximate surface area is 151 Å². The van der Waals surface area contributed by atoms with Crippen LogP contribution in [0.5, 0.6) is 0 Å². The van der Waals surface area contributed by atoms with E-state index in [9.17, 15) is 15.8 Å². The highest BCUT2D eigenvalue weighted by molar-refractivity contribution is 7.08. The number of nitriles is 3. The maximum Gasteiger partial charge on any atom is 0.204 e. The van der Waals surface area contributed by atoms with E-state index in [-0.39, 0.29) is 17.5 Å². The van der Waals surface area contributed by atoms with Crippen LogP contribution in [0.4, 0.5) is 0 Å². The zero-order chi connectivity index (χ0) is 18.0. The molecule has 0 unspecified atom stereocenters. The van der Waals surface area contributed by atoms with Gasteiger partial charge in [-0.2, -0.15) is 27.1 Å². The SMILES string of the molecule is CCCN1CC=C2[C@H](C1)[C@H](c1ccsc1)C(C#N)=C(N)C2(C#N)C#N. The van der Waals surface area contributed by atoms with E-state index in [1.165, 1.54) is 0 Å². The normalized spacial score (nSPS) is 25.3. The first-order valence-electron chi connectivity index (χ1n) is 8.30. The lowest BCUT2D eigenvalue weighted by Gasteiger charge is -2.44. The van der Waals surface area contributed by atoms with Crippen LogP contribution in [0, 0.1) is 45.3 Å². The lowest BCUT2D eigenvalue weighted by molar-refractivity contribution is 0.225. The van der Waals surface area contributed by atoms with Crippen molar-refractivity contribution in [2.75, 3.05) is 19.6 Å². The van der Waals surface area contributed by atoms with Crippen LogP contribution in [0.2, 0.25) is 0 Å². The summed E-state index contributed by atoms with van der Waals surface area (Å²) in [7, 11) is 0. The van der Waals surface area contributed by atoms with Gasteiger partial charge in [0.2, 0.25) is 5.41 Å². The molecule has 2 aliphatic rings. The molecule has 3 rings (SSSR count). The maximum atomic E-state index is 9.80. The number of hydrogen-bond acceptors (Lipinski definition) is 6. The van der Waals surface area contributed by atoms with E-state index < -0.39 is 5.41 Å². The van der Waals surface area contributed by atoms with Gasteiger partial charge in [0, 0.05) is 24.9 Å². The van der Waals surface area contributed by atoms with Crippen molar-refractivity contribution in [2.45, 2.75) is 19.3 Å². The van der Waals surface area contributed by atoms with Crippen molar-refractivity contribution >= 4 is 11.3 Å². The second-order valence-electron chi connectivity index (χ2n) is 6.47. The molecule has 1 aliphatic carbocycles. The number of fused-ring (bicyclic) bond motifs is 1. The smallest absolute Gasteiger partial charge is 0.204 e. The zero-order valence-electron chi connectivity index (χ0n) is 14.1. The van der Waals surface area contributed by atoms with E-state index in [2.05, 4.69) is 30.0 Å². The summed E-state index contributed by atoms with van der Waals surface area (Å²) in [5.74, 6) is -0.284. The Kier molecular flexibility index (Phi) is 4.64. The third-order valence-corrected chi connectivity index (χ3v) is 5.86. The van der Waals surface area contributed by atoms with E-state index in [0.29, 0.717) is 12.1 Å². The van der Waals surface area contributed by atoms with Crippen LogP contribution in [0.15, 0.2) is 39.7 Å². The quantitative estimate of drug-likeness (QED) is 0.846. The lowest BCUT2D eigenvalue weighted by atomic mass is 9.60. The summed E-state index contributed by atoms with van der Waals surface area (Å²) in [6.07, 6.45) is 3.01. The van der Waals surface area contributed by atoms with E-state index in [1.54, 1.807) is 11.3 Å². The van der Waals surface area contributed by atoms with Crippen LogP contribution in [-0.4, -0.2) is 24.5 Å². The Morgan fingerprint density at radius 1 is 1.36 bits per heavy atom. The van der Waals surface area contributed by atoms with Crippen LogP contribution in [0.1, 0.15) is 24.8 Å². The molecule has 0 saturated carbocycles. The third kappa shape index (κ3) is 2.53. The summed E-state index contributed by atoms with van der Waals surface area (Å²) >= 11 is 1.57. The molecule has 2 heterocycles. The number of allylic oxidation sites excluding steroid dienone is 2. The molecule has 2 N–H and O–H groups in total. The molecule has 0 saturated heterocycles. The average Bonchev–Trinajstić information content (AvgIpc) is 3.16. The van der Waals surface area contributed by atoms with Crippen LogP contribution >= 0.6 is 11.3 Å². The van der Waals surface area contributed by atoms with Crippen molar-refractivity contribution in [3.8, 4) is 18.2 Å². The van der Waals surface area contributed by atoms with Gasteiger partial charge in [-0.3, -0.25) is 4.90 Å². The topological polar surface area (TPSA) is 101 Å². The predicted octanol–water partition coefficient (Wildman–Crippen LogP) is 2.88. The molecule has 1 aliphatic heterocycles. The third-order valence-electron chi connectivity index (χ3n) is 5.16. The van der Waals surface area contributed by atoms with E-state index in [1.807, 2.05) is 22.9 Å². The molecule has 0 spiro atoms. The summed E-state index contributed by atoms with van der Waals surface area (Å²) in [5, 5.41) is 33.4. The Morgan fingerprint density at radius 3 is 2.68 bits per heavy atom. The maximum absolute atomic E-state index is 9.80. The minimum atomic E-state index is -1.53. The fraction of sp³-hybridized carbons (Fsp3) is 0.421. The zero-order valence-corrected chi connectivity index (χ0v) is 14.9. The Balaban J connectivity index is 2.23. The minimum Gasteiger partial charge on any atom is -0.399 e. The van der Waals surface area contributed by atoms with Gasteiger partial charge in [-0.15, -0.1) is 0 Å². The molecule has 0 bridgehead atoms. The summed E-state index contributed by atoms with van der Waals surface area (Å²) in [6.45, 7) is 4.51.